The summed E-state index contributed by atoms with van der Waals surface area (Å²) in [6.45, 7) is -0.319. The standard InChI is InChI=1S/C15H11BrCl2N2O3/c16-10-3-1-9(2-4-10)15(22)20-19-14(21)8-23-13-7-11(17)5-6-12(13)18/h1-7H,8H2,(H,19,21)(H,20,22). The summed E-state index contributed by atoms with van der Waals surface area (Å²) in [5.41, 5.74) is 4.95. The summed E-state index contributed by atoms with van der Waals surface area (Å²) in [7, 11) is 0. The van der Waals surface area contributed by atoms with Gasteiger partial charge in [0.1, 0.15) is 5.75 Å². The highest BCUT2D eigenvalue weighted by atomic mass is 79.9. The number of nitrogens with one attached hydrogen (secondary N) is 2. The lowest BCUT2D eigenvalue weighted by atomic mass is 10.2. The predicted octanol–water partition coefficient (Wildman–Crippen LogP) is 3.60. The first-order valence-corrected chi connectivity index (χ1v) is 7.93. The van der Waals surface area contributed by atoms with E-state index in [1.165, 1.54) is 6.07 Å². The molecule has 23 heavy (non-hydrogen) atoms. The second kappa shape index (κ2) is 8.19. The zero-order valence-electron chi connectivity index (χ0n) is 11.6. The number of hydrogen-bond donors (Lipinski definition) is 2. The van der Waals surface area contributed by atoms with Gasteiger partial charge in [0.05, 0.1) is 5.02 Å². The molecule has 0 aliphatic rings. The lowest BCUT2D eigenvalue weighted by molar-refractivity contribution is -0.123. The van der Waals surface area contributed by atoms with Gasteiger partial charge in [0.2, 0.25) is 0 Å². The highest BCUT2D eigenvalue weighted by molar-refractivity contribution is 9.10. The molecule has 8 heteroatoms. The van der Waals surface area contributed by atoms with Crippen LogP contribution in [0.3, 0.4) is 0 Å². The zero-order chi connectivity index (χ0) is 16.8. The minimum absolute atomic E-state index is 0.286. The fourth-order valence-corrected chi connectivity index (χ4v) is 2.17. The molecule has 0 spiro atoms. The van der Waals surface area contributed by atoms with Crippen molar-refractivity contribution in [1.29, 1.82) is 0 Å². The molecule has 0 fully saturated rings. The maximum atomic E-state index is 11.8. The number of carbonyl (C=O) groups excluding carboxylic acids is 2. The number of amides is 2. The normalized spacial score (nSPS) is 10.0. The number of benzene rings is 2. The van der Waals surface area contributed by atoms with Crippen molar-refractivity contribution in [2.45, 2.75) is 0 Å². The SMILES string of the molecule is O=C(COc1cc(Cl)ccc1Cl)NNC(=O)c1ccc(Br)cc1. The molecule has 2 aromatic carbocycles. The second-order valence-electron chi connectivity index (χ2n) is 4.37. The van der Waals surface area contributed by atoms with Crippen LogP contribution in [0.5, 0.6) is 5.75 Å². The Balaban J connectivity index is 1.82. The average Bonchev–Trinajstić information content (AvgIpc) is 2.54. The van der Waals surface area contributed by atoms with Gasteiger partial charge in [-0.15, -0.1) is 0 Å². The summed E-state index contributed by atoms with van der Waals surface area (Å²) in [6, 6.07) is 11.4. The van der Waals surface area contributed by atoms with Gasteiger partial charge in [0.25, 0.3) is 11.8 Å². The van der Waals surface area contributed by atoms with Gasteiger partial charge in [-0.3, -0.25) is 20.4 Å². The molecule has 2 aromatic rings. The molecular weight excluding hydrogens is 407 g/mol. The molecule has 0 unspecified atom stereocenters. The number of hydrogen-bond acceptors (Lipinski definition) is 3. The first-order chi connectivity index (χ1) is 11.0. The number of halogens is 3. The minimum atomic E-state index is -0.536. The monoisotopic (exact) mass is 416 g/mol. The number of carbonyl (C=O) groups is 2. The third kappa shape index (κ3) is 5.42. The third-order valence-electron chi connectivity index (χ3n) is 2.67. The van der Waals surface area contributed by atoms with E-state index in [-0.39, 0.29) is 12.4 Å². The van der Waals surface area contributed by atoms with Crippen molar-refractivity contribution < 1.29 is 14.3 Å². The summed E-state index contributed by atoms with van der Waals surface area (Å²) in [5.74, 6) is -0.688. The lowest BCUT2D eigenvalue weighted by Gasteiger charge is -2.10. The molecule has 120 valence electrons. The van der Waals surface area contributed by atoms with E-state index in [1.54, 1.807) is 36.4 Å². The average molecular weight is 418 g/mol. The van der Waals surface area contributed by atoms with Gasteiger partial charge in [0.15, 0.2) is 6.61 Å². The van der Waals surface area contributed by atoms with Crippen molar-refractivity contribution >= 4 is 50.9 Å². The summed E-state index contributed by atoms with van der Waals surface area (Å²) in [5, 5.41) is 0.773. The molecular formula is C15H11BrCl2N2O3. The topological polar surface area (TPSA) is 67.4 Å². The van der Waals surface area contributed by atoms with E-state index in [4.69, 9.17) is 27.9 Å². The maximum Gasteiger partial charge on any atom is 0.276 e. The first-order valence-electron chi connectivity index (χ1n) is 6.38. The molecule has 0 aliphatic carbocycles. The summed E-state index contributed by atoms with van der Waals surface area (Å²) >= 11 is 15.0. The molecule has 2 N–H and O–H groups in total. The van der Waals surface area contributed by atoms with E-state index in [1.807, 2.05) is 0 Å². The van der Waals surface area contributed by atoms with Crippen LogP contribution < -0.4 is 15.6 Å². The Morgan fingerprint density at radius 1 is 1.04 bits per heavy atom. The molecule has 0 aliphatic heterocycles. The first kappa shape index (κ1) is 17.6. The molecule has 0 aromatic heterocycles. The zero-order valence-corrected chi connectivity index (χ0v) is 14.7. The van der Waals surface area contributed by atoms with Crippen molar-refractivity contribution in [3.63, 3.8) is 0 Å². The van der Waals surface area contributed by atoms with Crippen molar-refractivity contribution in [3.05, 3.63) is 62.5 Å². The van der Waals surface area contributed by atoms with Crippen LogP contribution in [0, 0.1) is 0 Å². The maximum absolute atomic E-state index is 11.8. The molecule has 0 heterocycles. The van der Waals surface area contributed by atoms with E-state index >= 15 is 0 Å². The van der Waals surface area contributed by atoms with Crippen LogP contribution >= 0.6 is 39.1 Å². The van der Waals surface area contributed by atoms with E-state index in [0.717, 1.165) is 4.47 Å². The highest BCUT2D eigenvalue weighted by Crippen LogP contribution is 2.27. The molecule has 0 bridgehead atoms. The Morgan fingerprint density at radius 3 is 2.43 bits per heavy atom. The fraction of sp³-hybridized carbons (Fsp3) is 0.0667. The van der Waals surface area contributed by atoms with E-state index in [2.05, 4.69) is 26.8 Å². The van der Waals surface area contributed by atoms with Crippen LogP contribution in [-0.2, 0) is 4.79 Å². The minimum Gasteiger partial charge on any atom is -0.482 e. The Labute approximate surface area is 151 Å². The quantitative estimate of drug-likeness (QED) is 0.747. The Kier molecular flexibility index (Phi) is 6.27. The van der Waals surface area contributed by atoms with Crippen LogP contribution in [0.2, 0.25) is 10.0 Å². The van der Waals surface area contributed by atoms with Crippen LogP contribution in [0.1, 0.15) is 10.4 Å². The Morgan fingerprint density at radius 2 is 1.74 bits per heavy atom. The number of rotatable bonds is 4. The Hall–Kier alpha value is -1.76. The molecule has 0 atom stereocenters. The van der Waals surface area contributed by atoms with Crippen LogP contribution in [0.25, 0.3) is 0 Å². The summed E-state index contributed by atoms with van der Waals surface area (Å²) < 4.78 is 6.10. The van der Waals surface area contributed by atoms with Crippen molar-refractivity contribution in [3.8, 4) is 5.75 Å². The predicted molar refractivity (Wildman–Crippen MR) is 91.7 cm³/mol. The summed E-state index contributed by atoms with van der Waals surface area (Å²) in [4.78, 5) is 23.5. The van der Waals surface area contributed by atoms with Gasteiger partial charge >= 0.3 is 0 Å². The molecule has 2 amide bonds. The van der Waals surface area contributed by atoms with Crippen molar-refractivity contribution in [2.75, 3.05) is 6.61 Å². The van der Waals surface area contributed by atoms with Gasteiger partial charge < -0.3 is 4.74 Å². The van der Waals surface area contributed by atoms with E-state index in [0.29, 0.717) is 15.6 Å². The van der Waals surface area contributed by atoms with Crippen LogP contribution in [0.15, 0.2) is 46.9 Å². The Bertz CT molecular complexity index is 723. The van der Waals surface area contributed by atoms with E-state index in [9.17, 15) is 9.59 Å². The number of ether oxygens (including phenoxy) is 1. The fourth-order valence-electron chi connectivity index (χ4n) is 1.57. The van der Waals surface area contributed by atoms with Gasteiger partial charge in [0, 0.05) is 21.1 Å². The van der Waals surface area contributed by atoms with Gasteiger partial charge in [-0.05, 0) is 36.4 Å². The lowest BCUT2D eigenvalue weighted by Crippen LogP contribution is -2.43. The second-order valence-corrected chi connectivity index (χ2v) is 6.13. The van der Waals surface area contributed by atoms with Crippen molar-refractivity contribution in [1.82, 2.24) is 10.9 Å². The molecule has 2 rings (SSSR count). The molecule has 5 nitrogen and oxygen atoms in total. The highest BCUT2D eigenvalue weighted by Gasteiger charge is 2.09. The largest absolute Gasteiger partial charge is 0.482 e. The molecule has 0 radical (unpaired) electrons. The number of hydrazine groups is 1. The van der Waals surface area contributed by atoms with Gasteiger partial charge in [-0.2, -0.15) is 0 Å². The smallest absolute Gasteiger partial charge is 0.276 e. The van der Waals surface area contributed by atoms with Crippen LogP contribution in [-0.4, -0.2) is 18.4 Å². The van der Waals surface area contributed by atoms with Crippen molar-refractivity contribution in [2.24, 2.45) is 0 Å². The molecule has 0 saturated carbocycles. The van der Waals surface area contributed by atoms with Crippen LogP contribution in [0.4, 0.5) is 0 Å². The summed E-state index contributed by atoms with van der Waals surface area (Å²) in [6.07, 6.45) is 0. The van der Waals surface area contributed by atoms with E-state index < -0.39 is 11.8 Å². The third-order valence-corrected chi connectivity index (χ3v) is 3.75. The van der Waals surface area contributed by atoms with Gasteiger partial charge in [-0.1, -0.05) is 39.1 Å². The molecule has 0 saturated heterocycles. The van der Waals surface area contributed by atoms with Gasteiger partial charge in [-0.25, -0.2) is 0 Å².